The molecule has 0 saturated carbocycles. The summed E-state index contributed by atoms with van der Waals surface area (Å²) in [6.45, 7) is 6.35. The van der Waals surface area contributed by atoms with Crippen LogP contribution < -0.4 is 0 Å². The Morgan fingerprint density at radius 3 is 2.80 bits per heavy atom. The van der Waals surface area contributed by atoms with Gasteiger partial charge >= 0.3 is 0 Å². The average molecular weight is 281 g/mol. The maximum absolute atomic E-state index is 8.97. The van der Waals surface area contributed by atoms with E-state index in [1.54, 1.807) is 11.3 Å². The van der Waals surface area contributed by atoms with E-state index in [1.165, 1.54) is 27.3 Å². The highest BCUT2D eigenvalue weighted by Crippen LogP contribution is 2.34. The topological polar surface area (TPSA) is 41.1 Å². The molecule has 0 aliphatic carbocycles. The molecule has 0 spiro atoms. The van der Waals surface area contributed by atoms with Crippen LogP contribution in [-0.4, -0.2) is 9.38 Å². The second-order valence-electron chi connectivity index (χ2n) is 5.03. The van der Waals surface area contributed by atoms with Crippen molar-refractivity contribution in [3.63, 3.8) is 0 Å². The van der Waals surface area contributed by atoms with Gasteiger partial charge in [0.25, 0.3) is 0 Å². The van der Waals surface area contributed by atoms with Crippen LogP contribution in [0, 0.1) is 32.1 Å². The lowest BCUT2D eigenvalue weighted by atomic mass is 10.0. The Morgan fingerprint density at radius 1 is 1.30 bits per heavy atom. The zero-order chi connectivity index (χ0) is 14.3. The Balaban J connectivity index is 2.32. The second-order valence-corrected chi connectivity index (χ2v) is 6.21. The van der Waals surface area contributed by atoms with E-state index in [4.69, 9.17) is 5.26 Å². The van der Waals surface area contributed by atoms with Gasteiger partial charge in [0.1, 0.15) is 0 Å². The number of fused-ring (bicyclic) bond motifs is 1. The van der Waals surface area contributed by atoms with Gasteiger partial charge in [0.15, 0.2) is 4.96 Å². The largest absolute Gasteiger partial charge is 0.286 e. The fourth-order valence-corrected chi connectivity index (χ4v) is 3.59. The molecule has 0 saturated heterocycles. The van der Waals surface area contributed by atoms with Crippen molar-refractivity contribution in [3.05, 3.63) is 46.1 Å². The van der Waals surface area contributed by atoms with E-state index in [2.05, 4.69) is 54.4 Å². The minimum absolute atomic E-state index is 0.384. The fraction of sp³-hybridized carbons (Fsp3) is 0.250. The molecule has 2 heterocycles. The number of nitrogens with zero attached hydrogens (tertiary/aromatic N) is 3. The maximum Gasteiger partial charge on any atom is 0.194 e. The summed E-state index contributed by atoms with van der Waals surface area (Å²) in [5, 5.41) is 8.97. The van der Waals surface area contributed by atoms with Crippen LogP contribution in [0.25, 0.3) is 16.2 Å². The molecule has 100 valence electrons. The summed E-state index contributed by atoms with van der Waals surface area (Å²) < 4.78 is 2.13. The van der Waals surface area contributed by atoms with Crippen molar-refractivity contribution in [1.82, 2.24) is 9.38 Å². The Morgan fingerprint density at radius 2 is 2.10 bits per heavy atom. The molecule has 0 aliphatic heterocycles. The number of nitriles is 1. The van der Waals surface area contributed by atoms with Crippen LogP contribution in [0.4, 0.5) is 0 Å². The molecule has 0 atom stereocenters. The minimum atomic E-state index is 0.384. The molecule has 0 unspecified atom stereocenters. The number of thiazole rings is 1. The highest BCUT2D eigenvalue weighted by Gasteiger charge is 2.16. The first-order valence-corrected chi connectivity index (χ1v) is 7.33. The molecular formula is C16H15N3S. The van der Waals surface area contributed by atoms with Gasteiger partial charge in [0, 0.05) is 10.4 Å². The van der Waals surface area contributed by atoms with Gasteiger partial charge in [-0.25, -0.2) is 4.98 Å². The zero-order valence-corrected chi connectivity index (χ0v) is 12.6. The molecule has 20 heavy (non-hydrogen) atoms. The summed E-state index contributed by atoms with van der Waals surface area (Å²) in [4.78, 5) is 6.62. The lowest BCUT2D eigenvalue weighted by Crippen LogP contribution is -1.95. The molecule has 0 fully saturated rings. The molecule has 3 nitrogen and oxygen atoms in total. The Hall–Kier alpha value is -2.12. The van der Waals surface area contributed by atoms with Crippen molar-refractivity contribution >= 4 is 16.3 Å². The summed E-state index contributed by atoms with van der Waals surface area (Å²) in [7, 11) is 0. The lowest BCUT2D eigenvalue weighted by molar-refractivity contribution is 1.07. The summed E-state index contributed by atoms with van der Waals surface area (Å²) in [5.74, 6) is 0. The SMILES string of the molecule is Cc1ccc(-c2c(C)sc3ncc(CC#N)n23)c(C)c1. The predicted octanol–water partition coefficient (Wildman–Crippen LogP) is 4.05. The van der Waals surface area contributed by atoms with E-state index in [-0.39, 0.29) is 0 Å². The molecule has 2 aromatic heterocycles. The first kappa shape index (κ1) is 12.9. The molecule has 0 amide bonds. The zero-order valence-electron chi connectivity index (χ0n) is 11.8. The van der Waals surface area contributed by atoms with E-state index >= 15 is 0 Å². The monoisotopic (exact) mass is 281 g/mol. The van der Waals surface area contributed by atoms with Crippen LogP contribution in [-0.2, 0) is 6.42 Å². The number of benzene rings is 1. The number of imidazole rings is 1. The Kier molecular flexibility index (Phi) is 3.07. The molecule has 0 radical (unpaired) electrons. The summed E-state index contributed by atoms with van der Waals surface area (Å²) in [6, 6.07) is 8.70. The normalized spacial score (nSPS) is 10.9. The first-order chi connectivity index (χ1) is 9.61. The van der Waals surface area contributed by atoms with E-state index in [0.717, 1.165) is 10.7 Å². The van der Waals surface area contributed by atoms with E-state index < -0.39 is 0 Å². The van der Waals surface area contributed by atoms with Crippen LogP contribution in [0.1, 0.15) is 21.7 Å². The molecular weight excluding hydrogens is 266 g/mol. The van der Waals surface area contributed by atoms with Crippen LogP contribution >= 0.6 is 11.3 Å². The van der Waals surface area contributed by atoms with Crippen LogP contribution in [0.15, 0.2) is 24.4 Å². The molecule has 0 aliphatic rings. The number of rotatable bonds is 2. The van der Waals surface area contributed by atoms with Crippen molar-refractivity contribution in [2.45, 2.75) is 27.2 Å². The molecule has 0 N–H and O–H groups in total. The number of aromatic nitrogens is 2. The van der Waals surface area contributed by atoms with Gasteiger partial charge in [0.2, 0.25) is 0 Å². The number of hydrogen-bond donors (Lipinski definition) is 0. The second kappa shape index (κ2) is 4.77. The summed E-state index contributed by atoms with van der Waals surface area (Å²) in [6.07, 6.45) is 2.19. The van der Waals surface area contributed by atoms with Crippen LogP contribution in [0.2, 0.25) is 0 Å². The third-order valence-corrected chi connectivity index (χ3v) is 4.47. The summed E-state index contributed by atoms with van der Waals surface area (Å²) in [5.41, 5.74) is 5.87. The highest BCUT2D eigenvalue weighted by atomic mass is 32.1. The van der Waals surface area contributed by atoms with E-state index in [9.17, 15) is 0 Å². The van der Waals surface area contributed by atoms with Crippen molar-refractivity contribution in [2.75, 3.05) is 0 Å². The van der Waals surface area contributed by atoms with Gasteiger partial charge in [0.05, 0.1) is 30.1 Å². The van der Waals surface area contributed by atoms with Crippen molar-refractivity contribution < 1.29 is 0 Å². The Bertz CT molecular complexity index is 833. The fourth-order valence-electron chi connectivity index (χ4n) is 2.62. The minimum Gasteiger partial charge on any atom is -0.286 e. The highest BCUT2D eigenvalue weighted by molar-refractivity contribution is 7.17. The quantitative estimate of drug-likeness (QED) is 0.711. The Labute approximate surface area is 122 Å². The van der Waals surface area contributed by atoms with E-state index in [1.807, 2.05) is 6.20 Å². The van der Waals surface area contributed by atoms with Crippen LogP contribution in [0.3, 0.4) is 0 Å². The predicted molar refractivity (Wildman–Crippen MR) is 82.0 cm³/mol. The van der Waals surface area contributed by atoms with Gasteiger partial charge in [-0.2, -0.15) is 5.26 Å². The van der Waals surface area contributed by atoms with Gasteiger partial charge in [-0.05, 0) is 26.3 Å². The number of aryl methyl sites for hydroxylation is 3. The number of hydrogen-bond acceptors (Lipinski definition) is 3. The molecule has 0 bridgehead atoms. The lowest BCUT2D eigenvalue weighted by Gasteiger charge is -2.09. The van der Waals surface area contributed by atoms with Crippen molar-refractivity contribution in [1.29, 1.82) is 5.26 Å². The first-order valence-electron chi connectivity index (χ1n) is 6.52. The molecule has 4 heteroatoms. The van der Waals surface area contributed by atoms with Crippen molar-refractivity contribution in [2.24, 2.45) is 0 Å². The van der Waals surface area contributed by atoms with Gasteiger partial charge in [-0.1, -0.05) is 23.8 Å². The average Bonchev–Trinajstić information content (AvgIpc) is 2.90. The molecule has 3 rings (SSSR count). The van der Waals surface area contributed by atoms with Crippen LogP contribution in [0.5, 0.6) is 0 Å². The van der Waals surface area contributed by atoms with E-state index in [0.29, 0.717) is 6.42 Å². The van der Waals surface area contributed by atoms with Gasteiger partial charge in [-0.3, -0.25) is 4.40 Å². The van der Waals surface area contributed by atoms with Gasteiger partial charge < -0.3 is 0 Å². The maximum atomic E-state index is 8.97. The third kappa shape index (κ3) is 1.91. The molecule has 3 aromatic rings. The molecule has 1 aromatic carbocycles. The third-order valence-electron chi connectivity index (χ3n) is 3.50. The smallest absolute Gasteiger partial charge is 0.194 e. The van der Waals surface area contributed by atoms with Crippen molar-refractivity contribution in [3.8, 4) is 17.3 Å². The summed E-state index contributed by atoms with van der Waals surface area (Å²) >= 11 is 1.68. The van der Waals surface area contributed by atoms with Gasteiger partial charge in [-0.15, -0.1) is 11.3 Å². The standard InChI is InChI=1S/C16H15N3S/c1-10-4-5-14(11(2)8-10)15-12(3)20-16-18-9-13(6-7-17)19(15)16/h4-5,8-9H,6H2,1-3H3.